The molecule has 1 aliphatic rings. The predicted octanol–water partition coefficient (Wildman–Crippen LogP) is 3.68. The van der Waals surface area contributed by atoms with Crippen molar-refractivity contribution in [3.05, 3.63) is 45.9 Å². The average Bonchev–Trinajstić information content (AvgIpc) is 2.68. The molecule has 148 valence electrons. The summed E-state index contributed by atoms with van der Waals surface area (Å²) in [5, 5.41) is 5.72. The second-order valence-electron chi connectivity index (χ2n) is 6.21. The van der Waals surface area contributed by atoms with Gasteiger partial charge in [-0.25, -0.2) is 0 Å². The summed E-state index contributed by atoms with van der Waals surface area (Å²) in [7, 11) is 1.53. The molecule has 2 amide bonds. The van der Waals surface area contributed by atoms with Crippen LogP contribution in [0.15, 0.2) is 34.8 Å². The Labute approximate surface area is 171 Å². The highest BCUT2D eigenvalue weighted by atomic mass is 79.9. The first-order chi connectivity index (χ1) is 13.4. The Hall–Kier alpha value is -2.74. The molecule has 8 heteroatoms. The Bertz CT molecular complexity index is 916. The minimum atomic E-state index is -0.284. The van der Waals surface area contributed by atoms with Crippen LogP contribution >= 0.6 is 15.9 Å². The SMILES string of the molecule is CCOc1c(Br)cc(C(=O)NC(C)c2ccc3c(c2)NC(=O)CO3)cc1OC. The molecule has 0 saturated carbocycles. The van der Waals surface area contributed by atoms with Crippen molar-refractivity contribution in [2.24, 2.45) is 0 Å². The van der Waals surface area contributed by atoms with Crippen LogP contribution < -0.4 is 24.8 Å². The Morgan fingerprint density at radius 1 is 1.36 bits per heavy atom. The topological polar surface area (TPSA) is 85.9 Å². The number of benzene rings is 2. The molecule has 2 aromatic carbocycles. The maximum Gasteiger partial charge on any atom is 0.262 e. The molecule has 1 atom stereocenters. The second kappa shape index (κ2) is 8.52. The molecule has 2 N–H and O–H groups in total. The van der Waals surface area contributed by atoms with Crippen molar-refractivity contribution >= 4 is 33.4 Å². The van der Waals surface area contributed by atoms with Gasteiger partial charge in [0.25, 0.3) is 11.8 Å². The summed E-state index contributed by atoms with van der Waals surface area (Å²) in [4.78, 5) is 24.2. The summed E-state index contributed by atoms with van der Waals surface area (Å²) in [5.41, 5.74) is 1.88. The lowest BCUT2D eigenvalue weighted by atomic mass is 10.1. The van der Waals surface area contributed by atoms with Gasteiger partial charge in [-0.05, 0) is 59.6 Å². The summed E-state index contributed by atoms with van der Waals surface area (Å²) in [6.45, 7) is 4.23. The Morgan fingerprint density at radius 3 is 2.86 bits per heavy atom. The summed E-state index contributed by atoms with van der Waals surface area (Å²) in [6.07, 6.45) is 0. The summed E-state index contributed by atoms with van der Waals surface area (Å²) in [5.74, 6) is 1.19. The molecule has 0 spiro atoms. The predicted molar refractivity (Wildman–Crippen MR) is 108 cm³/mol. The second-order valence-corrected chi connectivity index (χ2v) is 7.06. The van der Waals surface area contributed by atoms with Gasteiger partial charge in [-0.15, -0.1) is 0 Å². The number of fused-ring (bicyclic) bond motifs is 1. The Morgan fingerprint density at radius 2 is 2.14 bits per heavy atom. The smallest absolute Gasteiger partial charge is 0.262 e. The number of ether oxygens (including phenoxy) is 3. The number of halogens is 1. The van der Waals surface area contributed by atoms with Gasteiger partial charge >= 0.3 is 0 Å². The van der Waals surface area contributed by atoms with Gasteiger partial charge in [-0.1, -0.05) is 6.07 Å². The number of anilines is 1. The normalized spacial score (nSPS) is 13.6. The van der Waals surface area contributed by atoms with Crippen molar-refractivity contribution in [3.63, 3.8) is 0 Å². The molecule has 0 radical (unpaired) electrons. The molecule has 1 unspecified atom stereocenters. The molecule has 0 aliphatic carbocycles. The third-order valence-electron chi connectivity index (χ3n) is 4.26. The van der Waals surface area contributed by atoms with Gasteiger partial charge in [-0.2, -0.15) is 0 Å². The lowest BCUT2D eigenvalue weighted by Gasteiger charge is -2.21. The van der Waals surface area contributed by atoms with E-state index in [4.69, 9.17) is 14.2 Å². The number of hydrogen-bond acceptors (Lipinski definition) is 5. The number of rotatable bonds is 6. The van der Waals surface area contributed by atoms with Crippen molar-refractivity contribution < 1.29 is 23.8 Å². The molecule has 0 bridgehead atoms. The van der Waals surface area contributed by atoms with Crippen molar-refractivity contribution in [2.45, 2.75) is 19.9 Å². The molecule has 1 aliphatic heterocycles. The highest BCUT2D eigenvalue weighted by Gasteiger charge is 2.20. The van der Waals surface area contributed by atoms with E-state index >= 15 is 0 Å². The number of amides is 2. The van der Waals surface area contributed by atoms with Gasteiger partial charge in [0.05, 0.1) is 29.9 Å². The minimum Gasteiger partial charge on any atom is -0.493 e. The van der Waals surface area contributed by atoms with Gasteiger partial charge in [0.15, 0.2) is 18.1 Å². The fourth-order valence-electron chi connectivity index (χ4n) is 2.87. The Kier molecular flexibility index (Phi) is 6.08. The highest BCUT2D eigenvalue weighted by molar-refractivity contribution is 9.10. The van der Waals surface area contributed by atoms with E-state index in [1.165, 1.54) is 7.11 Å². The Balaban J connectivity index is 1.78. The highest BCUT2D eigenvalue weighted by Crippen LogP contribution is 2.37. The van der Waals surface area contributed by atoms with Crippen molar-refractivity contribution in [1.29, 1.82) is 0 Å². The lowest BCUT2D eigenvalue weighted by molar-refractivity contribution is -0.118. The van der Waals surface area contributed by atoms with Crippen molar-refractivity contribution in [2.75, 3.05) is 25.6 Å². The van der Waals surface area contributed by atoms with E-state index in [1.807, 2.05) is 19.9 Å². The van der Waals surface area contributed by atoms with Crippen molar-refractivity contribution in [3.8, 4) is 17.2 Å². The molecule has 28 heavy (non-hydrogen) atoms. The van der Waals surface area contributed by atoms with Gasteiger partial charge in [-0.3, -0.25) is 9.59 Å². The molecule has 0 saturated heterocycles. The number of methoxy groups -OCH3 is 1. The van der Waals surface area contributed by atoms with Gasteiger partial charge in [0.1, 0.15) is 5.75 Å². The molecule has 7 nitrogen and oxygen atoms in total. The van der Waals surface area contributed by atoms with E-state index in [1.54, 1.807) is 24.3 Å². The zero-order valence-corrected chi connectivity index (χ0v) is 17.4. The third-order valence-corrected chi connectivity index (χ3v) is 4.85. The van der Waals surface area contributed by atoms with E-state index < -0.39 is 0 Å². The zero-order chi connectivity index (χ0) is 20.3. The fraction of sp³-hybridized carbons (Fsp3) is 0.300. The maximum atomic E-state index is 12.7. The van der Waals surface area contributed by atoms with Crippen LogP contribution in [0.25, 0.3) is 0 Å². The monoisotopic (exact) mass is 448 g/mol. The van der Waals surface area contributed by atoms with Crippen molar-refractivity contribution in [1.82, 2.24) is 5.32 Å². The van der Waals surface area contributed by atoms with E-state index in [9.17, 15) is 9.59 Å². The van der Waals surface area contributed by atoms with Crippen LogP contribution in [0.1, 0.15) is 35.8 Å². The van der Waals surface area contributed by atoms with E-state index in [0.717, 1.165) is 5.56 Å². The van der Waals surface area contributed by atoms with E-state index in [0.29, 0.717) is 39.6 Å². The molecular weight excluding hydrogens is 428 g/mol. The first-order valence-electron chi connectivity index (χ1n) is 8.80. The van der Waals surface area contributed by atoms with E-state index in [-0.39, 0.29) is 24.5 Å². The first-order valence-corrected chi connectivity index (χ1v) is 9.60. The average molecular weight is 449 g/mol. The zero-order valence-electron chi connectivity index (χ0n) is 15.8. The molecule has 0 fully saturated rings. The van der Waals surface area contributed by atoms with E-state index in [2.05, 4.69) is 26.6 Å². The largest absolute Gasteiger partial charge is 0.493 e. The maximum absolute atomic E-state index is 12.7. The number of nitrogens with one attached hydrogen (secondary N) is 2. The summed E-state index contributed by atoms with van der Waals surface area (Å²) in [6, 6.07) is 8.48. The molecule has 3 rings (SSSR count). The van der Waals surface area contributed by atoms with Crippen LogP contribution in [0.3, 0.4) is 0 Å². The summed E-state index contributed by atoms with van der Waals surface area (Å²) >= 11 is 3.43. The molecule has 1 heterocycles. The molecular formula is C20H21BrN2O5. The minimum absolute atomic E-state index is 0.00703. The lowest BCUT2D eigenvalue weighted by Crippen LogP contribution is -2.28. The summed E-state index contributed by atoms with van der Waals surface area (Å²) < 4.78 is 16.9. The van der Waals surface area contributed by atoms with Crippen LogP contribution in [0.4, 0.5) is 5.69 Å². The number of hydrogen-bond donors (Lipinski definition) is 2. The standard InChI is InChI=1S/C20H21BrN2O5/c1-4-27-19-14(21)7-13(9-17(19)26-3)20(25)22-11(2)12-5-6-16-15(8-12)23-18(24)10-28-16/h5-9,11H,4,10H2,1-3H3,(H,22,25)(H,23,24). The van der Waals surface area contributed by atoms with Crippen LogP contribution in [0.5, 0.6) is 17.2 Å². The number of carbonyl (C=O) groups is 2. The molecule has 0 aromatic heterocycles. The molecule has 2 aromatic rings. The first kappa shape index (κ1) is 20.0. The van der Waals surface area contributed by atoms with Gasteiger partial charge in [0.2, 0.25) is 0 Å². The van der Waals surface area contributed by atoms with Gasteiger partial charge < -0.3 is 24.8 Å². The van der Waals surface area contributed by atoms with Crippen LogP contribution in [0, 0.1) is 0 Å². The van der Waals surface area contributed by atoms with Crippen LogP contribution in [-0.4, -0.2) is 32.1 Å². The van der Waals surface area contributed by atoms with Crippen LogP contribution in [-0.2, 0) is 4.79 Å². The van der Waals surface area contributed by atoms with Crippen LogP contribution in [0.2, 0.25) is 0 Å². The quantitative estimate of drug-likeness (QED) is 0.703. The third kappa shape index (κ3) is 4.22. The fourth-order valence-corrected chi connectivity index (χ4v) is 3.43. The van der Waals surface area contributed by atoms with Gasteiger partial charge in [0, 0.05) is 5.56 Å². The number of carbonyl (C=O) groups excluding carboxylic acids is 2.